The maximum absolute atomic E-state index is 11.9. The Hall–Kier alpha value is -1.74. The molecule has 0 aromatic carbocycles. The second-order valence-electron chi connectivity index (χ2n) is 4.63. The van der Waals surface area contributed by atoms with Crippen LogP contribution in [0.25, 0.3) is 0 Å². The van der Waals surface area contributed by atoms with Crippen LogP contribution in [0.3, 0.4) is 0 Å². The molecule has 0 bridgehead atoms. The van der Waals surface area contributed by atoms with Crippen molar-refractivity contribution in [1.82, 2.24) is 0 Å². The lowest BCUT2D eigenvalue weighted by Gasteiger charge is -2.16. The molecule has 0 saturated carbocycles. The minimum atomic E-state index is -0.415. The predicted octanol–water partition coefficient (Wildman–Crippen LogP) is 0.265. The van der Waals surface area contributed by atoms with Crippen LogP contribution in [0.4, 0.5) is 0 Å². The van der Waals surface area contributed by atoms with Crippen molar-refractivity contribution in [3.63, 3.8) is 0 Å². The van der Waals surface area contributed by atoms with Crippen molar-refractivity contribution in [2.45, 2.75) is 0 Å². The standard InChI is InChI=1S/C16H24O8/c1-19-5-7-21-9-11-23-15-13(17)3-4-14(18)16(15)24-12-10-22-8-6-20-2/h3-4H,5-12H2,1-2H3. The van der Waals surface area contributed by atoms with Crippen LogP contribution >= 0.6 is 0 Å². The largest absolute Gasteiger partial charge is 0.484 e. The minimum Gasteiger partial charge on any atom is -0.484 e. The van der Waals surface area contributed by atoms with E-state index in [1.807, 2.05) is 0 Å². The van der Waals surface area contributed by atoms with E-state index >= 15 is 0 Å². The summed E-state index contributed by atoms with van der Waals surface area (Å²) >= 11 is 0. The molecule has 136 valence electrons. The summed E-state index contributed by atoms with van der Waals surface area (Å²) in [7, 11) is 3.15. The van der Waals surface area contributed by atoms with Crippen molar-refractivity contribution in [2.24, 2.45) is 0 Å². The number of carbonyl (C=O) groups excluding carboxylic acids is 2. The molecule has 0 heterocycles. The Labute approximate surface area is 141 Å². The molecule has 1 aliphatic carbocycles. The lowest BCUT2D eigenvalue weighted by atomic mass is 10.1. The van der Waals surface area contributed by atoms with Gasteiger partial charge in [0.2, 0.25) is 23.1 Å². The van der Waals surface area contributed by atoms with Gasteiger partial charge in [0.05, 0.1) is 39.6 Å². The smallest absolute Gasteiger partial charge is 0.224 e. The molecule has 24 heavy (non-hydrogen) atoms. The molecule has 1 rings (SSSR count). The van der Waals surface area contributed by atoms with Crippen LogP contribution in [0.1, 0.15) is 0 Å². The van der Waals surface area contributed by atoms with E-state index in [9.17, 15) is 9.59 Å². The van der Waals surface area contributed by atoms with Gasteiger partial charge in [0, 0.05) is 14.2 Å². The molecule has 0 fully saturated rings. The highest BCUT2D eigenvalue weighted by atomic mass is 16.6. The predicted molar refractivity (Wildman–Crippen MR) is 83.5 cm³/mol. The van der Waals surface area contributed by atoms with Gasteiger partial charge in [0.1, 0.15) is 13.2 Å². The van der Waals surface area contributed by atoms with E-state index in [1.54, 1.807) is 14.2 Å². The Morgan fingerprint density at radius 1 is 0.625 bits per heavy atom. The molecule has 0 unspecified atom stereocenters. The molecule has 8 heteroatoms. The molecule has 0 atom stereocenters. The lowest BCUT2D eigenvalue weighted by molar-refractivity contribution is -0.121. The van der Waals surface area contributed by atoms with E-state index in [2.05, 4.69) is 0 Å². The zero-order chi connectivity index (χ0) is 17.6. The molecular weight excluding hydrogens is 320 g/mol. The summed E-state index contributed by atoms with van der Waals surface area (Å²) in [6, 6.07) is 0. The van der Waals surface area contributed by atoms with E-state index in [4.69, 9.17) is 28.4 Å². The van der Waals surface area contributed by atoms with Crippen molar-refractivity contribution < 1.29 is 38.0 Å². The van der Waals surface area contributed by atoms with E-state index in [1.165, 1.54) is 0 Å². The van der Waals surface area contributed by atoms with Gasteiger partial charge < -0.3 is 28.4 Å². The fourth-order valence-electron chi connectivity index (χ4n) is 1.69. The van der Waals surface area contributed by atoms with Gasteiger partial charge in [-0.1, -0.05) is 0 Å². The van der Waals surface area contributed by atoms with E-state index in [-0.39, 0.29) is 37.9 Å². The fraction of sp³-hybridized carbons (Fsp3) is 0.625. The SMILES string of the molecule is COCCOCCOC1=C(OCCOCCOC)C(=O)C=CC1=O. The molecule has 0 radical (unpaired) electrons. The Bertz CT molecular complexity index is 415. The Morgan fingerprint density at radius 3 is 1.38 bits per heavy atom. The van der Waals surface area contributed by atoms with E-state index < -0.39 is 11.6 Å². The highest BCUT2D eigenvalue weighted by molar-refractivity contribution is 6.18. The number of rotatable bonds is 14. The number of hydrogen-bond acceptors (Lipinski definition) is 8. The van der Waals surface area contributed by atoms with Gasteiger partial charge in [-0.05, 0) is 12.2 Å². The Morgan fingerprint density at radius 2 is 1.00 bits per heavy atom. The summed E-state index contributed by atoms with van der Waals surface area (Å²) in [4.78, 5) is 23.8. The third kappa shape index (κ3) is 7.69. The summed E-state index contributed by atoms with van der Waals surface area (Å²) in [6.07, 6.45) is 2.32. The minimum absolute atomic E-state index is 0.102. The molecule has 0 aromatic heterocycles. The zero-order valence-corrected chi connectivity index (χ0v) is 14.1. The van der Waals surface area contributed by atoms with Crippen LogP contribution < -0.4 is 0 Å². The Kier molecular flexibility index (Phi) is 10.7. The molecule has 8 nitrogen and oxygen atoms in total. The van der Waals surface area contributed by atoms with Gasteiger partial charge in [-0.3, -0.25) is 9.59 Å². The highest BCUT2D eigenvalue weighted by Gasteiger charge is 2.26. The monoisotopic (exact) mass is 344 g/mol. The molecule has 0 aromatic rings. The summed E-state index contributed by atoms with van der Waals surface area (Å²) in [5.41, 5.74) is 0. The van der Waals surface area contributed by atoms with Gasteiger partial charge in [-0.25, -0.2) is 0 Å². The number of ketones is 2. The summed E-state index contributed by atoms with van der Waals surface area (Å²) in [5.74, 6) is -1.03. The maximum atomic E-state index is 11.9. The van der Waals surface area contributed by atoms with Crippen molar-refractivity contribution in [2.75, 3.05) is 67.1 Å². The maximum Gasteiger partial charge on any atom is 0.224 e. The zero-order valence-electron chi connectivity index (χ0n) is 14.1. The molecular formula is C16H24O8. The van der Waals surface area contributed by atoms with Crippen LogP contribution in [0.15, 0.2) is 23.7 Å². The summed E-state index contributed by atoms with van der Waals surface area (Å²) < 4.78 is 30.9. The molecule has 0 N–H and O–H groups in total. The van der Waals surface area contributed by atoms with Crippen molar-refractivity contribution in [3.05, 3.63) is 23.7 Å². The molecule has 0 spiro atoms. The van der Waals surface area contributed by atoms with Gasteiger partial charge in [-0.2, -0.15) is 0 Å². The molecule has 0 amide bonds. The van der Waals surface area contributed by atoms with Crippen molar-refractivity contribution >= 4 is 11.6 Å². The van der Waals surface area contributed by atoms with Gasteiger partial charge >= 0.3 is 0 Å². The third-order valence-electron chi connectivity index (χ3n) is 2.85. The molecule has 0 saturated heterocycles. The number of hydrogen-bond donors (Lipinski definition) is 0. The van der Waals surface area contributed by atoms with Crippen LogP contribution in [-0.4, -0.2) is 78.6 Å². The third-order valence-corrected chi connectivity index (χ3v) is 2.85. The second-order valence-corrected chi connectivity index (χ2v) is 4.63. The summed E-state index contributed by atoms with van der Waals surface area (Å²) in [6.45, 7) is 2.59. The number of methoxy groups -OCH3 is 2. The fourth-order valence-corrected chi connectivity index (χ4v) is 1.69. The van der Waals surface area contributed by atoms with Crippen LogP contribution in [0, 0.1) is 0 Å². The second kappa shape index (κ2) is 12.7. The van der Waals surface area contributed by atoms with Gasteiger partial charge in [0.15, 0.2) is 0 Å². The van der Waals surface area contributed by atoms with Crippen LogP contribution in [0.5, 0.6) is 0 Å². The lowest BCUT2D eigenvalue weighted by Crippen LogP contribution is -2.21. The van der Waals surface area contributed by atoms with Gasteiger partial charge in [0.25, 0.3) is 0 Å². The topological polar surface area (TPSA) is 89.5 Å². The summed E-state index contributed by atoms with van der Waals surface area (Å²) in [5, 5.41) is 0. The molecule has 0 aliphatic heterocycles. The number of allylic oxidation sites excluding steroid dienone is 2. The van der Waals surface area contributed by atoms with Gasteiger partial charge in [-0.15, -0.1) is 0 Å². The van der Waals surface area contributed by atoms with Crippen LogP contribution in [-0.2, 0) is 38.0 Å². The first kappa shape index (κ1) is 20.3. The Balaban J connectivity index is 2.43. The van der Waals surface area contributed by atoms with E-state index in [0.29, 0.717) is 26.4 Å². The van der Waals surface area contributed by atoms with E-state index in [0.717, 1.165) is 12.2 Å². The number of ether oxygens (including phenoxy) is 6. The first-order valence-corrected chi connectivity index (χ1v) is 7.60. The highest BCUT2D eigenvalue weighted by Crippen LogP contribution is 2.16. The molecule has 1 aliphatic rings. The first-order valence-electron chi connectivity index (χ1n) is 7.60. The average Bonchev–Trinajstić information content (AvgIpc) is 2.58. The van der Waals surface area contributed by atoms with Crippen LogP contribution in [0.2, 0.25) is 0 Å². The quantitative estimate of drug-likeness (QED) is 0.328. The first-order chi connectivity index (χ1) is 11.7. The van der Waals surface area contributed by atoms with Crippen molar-refractivity contribution in [1.29, 1.82) is 0 Å². The normalized spacial score (nSPS) is 14.4. The average molecular weight is 344 g/mol. The van der Waals surface area contributed by atoms with Crippen molar-refractivity contribution in [3.8, 4) is 0 Å². The number of carbonyl (C=O) groups is 2.